The lowest BCUT2D eigenvalue weighted by Crippen LogP contribution is -2.31. The number of nitrogens with one attached hydrogen (secondary N) is 1. The highest BCUT2D eigenvalue weighted by molar-refractivity contribution is 8.18. The average Bonchev–Trinajstić information content (AvgIpc) is 3.00. The summed E-state index contributed by atoms with van der Waals surface area (Å²) in [5.41, 5.74) is 1.57. The van der Waals surface area contributed by atoms with Crippen LogP contribution < -0.4 is 5.32 Å². The Hall–Kier alpha value is -3.38. The van der Waals surface area contributed by atoms with Crippen LogP contribution in [-0.2, 0) is 9.59 Å². The summed E-state index contributed by atoms with van der Waals surface area (Å²) in [4.78, 5) is 38.7. The van der Waals surface area contributed by atoms with Gasteiger partial charge in [-0.3, -0.25) is 19.3 Å². The summed E-state index contributed by atoms with van der Waals surface area (Å²) in [7, 11) is 0. The van der Waals surface area contributed by atoms with E-state index < -0.39 is 0 Å². The Morgan fingerprint density at radius 1 is 0.931 bits per heavy atom. The Bertz CT molecular complexity index is 1120. The zero-order valence-corrected chi connectivity index (χ0v) is 16.3. The molecule has 3 aromatic carbocycles. The van der Waals surface area contributed by atoms with E-state index in [0.29, 0.717) is 10.6 Å². The summed E-state index contributed by atoms with van der Waals surface area (Å²) >= 11 is 0.901. The number of fused-ring (bicyclic) bond motifs is 1. The van der Waals surface area contributed by atoms with Gasteiger partial charge in [-0.2, -0.15) is 0 Å². The molecule has 0 radical (unpaired) electrons. The summed E-state index contributed by atoms with van der Waals surface area (Å²) in [5.74, 6) is -0.603. The normalized spacial score (nSPS) is 15.3. The van der Waals surface area contributed by atoms with E-state index in [4.69, 9.17) is 0 Å². The smallest absolute Gasteiger partial charge is 0.293 e. The van der Waals surface area contributed by atoms with E-state index in [2.05, 4.69) is 5.32 Å². The summed E-state index contributed by atoms with van der Waals surface area (Å²) < 4.78 is 0. The Morgan fingerprint density at radius 3 is 2.48 bits per heavy atom. The Morgan fingerprint density at radius 2 is 1.66 bits per heavy atom. The first-order chi connectivity index (χ1) is 14.1. The SMILES string of the molecule is O=C(CCN1C(=O)S/C(=C/c2ccccc2)C1=O)Nc1cccc2ccccc12. The van der Waals surface area contributed by atoms with Crippen molar-refractivity contribution in [3.05, 3.63) is 83.3 Å². The molecule has 3 aromatic rings. The predicted octanol–water partition coefficient (Wildman–Crippen LogP) is 4.90. The Labute approximate surface area is 172 Å². The van der Waals surface area contributed by atoms with Crippen molar-refractivity contribution in [3.63, 3.8) is 0 Å². The molecule has 5 nitrogen and oxygen atoms in total. The number of carbonyl (C=O) groups is 3. The van der Waals surface area contributed by atoms with Crippen molar-refractivity contribution in [2.24, 2.45) is 0 Å². The second-order valence-corrected chi connectivity index (χ2v) is 7.56. The summed E-state index contributed by atoms with van der Waals surface area (Å²) in [6.07, 6.45) is 1.74. The quantitative estimate of drug-likeness (QED) is 0.616. The molecule has 1 aliphatic heterocycles. The largest absolute Gasteiger partial charge is 0.325 e. The monoisotopic (exact) mass is 402 g/mol. The van der Waals surface area contributed by atoms with Crippen LogP contribution in [0.15, 0.2) is 77.7 Å². The molecule has 144 valence electrons. The van der Waals surface area contributed by atoms with Gasteiger partial charge in [0.15, 0.2) is 0 Å². The van der Waals surface area contributed by atoms with Gasteiger partial charge in [0.1, 0.15) is 0 Å². The van der Waals surface area contributed by atoms with Crippen LogP contribution in [0.2, 0.25) is 0 Å². The predicted molar refractivity (Wildman–Crippen MR) is 116 cm³/mol. The fraction of sp³-hybridized carbons (Fsp3) is 0.0870. The molecule has 0 aromatic heterocycles. The molecule has 0 atom stereocenters. The highest BCUT2D eigenvalue weighted by Gasteiger charge is 2.35. The molecule has 0 unspecified atom stereocenters. The molecular formula is C23H18N2O3S. The lowest BCUT2D eigenvalue weighted by molar-refractivity contribution is -0.123. The minimum absolute atomic E-state index is 0.0415. The topological polar surface area (TPSA) is 66.5 Å². The first-order valence-electron chi connectivity index (χ1n) is 9.20. The van der Waals surface area contributed by atoms with Crippen LogP contribution in [0, 0.1) is 0 Å². The minimum atomic E-state index is -0.359. The number of nitrogens with zero attached hydrogens (tertiary/aromatic N) is 1. The third-order valence-corrected chi connectivity index (χ3v) is 5.50. The van der Waals surface area contributed by atoms with E-state index in [1.54, 1.807) is 6.08 Å². The van der Waals surface area contributed by atoms with Crippen molar-refractivity contribution in [1.82, 2.24) is 4.90 Å². The number of carbonyl (C=O) groups excluding carboxylic acids is 3. The van der Waals surface area contributed by atoms with Crippen molar-refractivity contribution >= 4 is 51.4 Å². The van der Waals surface area contributed by atoms with Gasteiger partial charge in [0.05, 0.1) is 4.91 Å². The molecule has 4 rings (SSSR count). The van der Waals surface area contributed by atoms with Gasteiger partial charge in [0.25, 0.3) is 11.1 Å². The van der Waals surface area contributed by atoms with E-state index in [1.807, 2.05) is 72.8 Å². The van der Waals surface area contributed by atoms with Gasteiger partial charge in [0.2, 0.25) is 5.91 Å². The molecule has 3 amide bonds. The van der Waals surface area contributed by atoms with Gasteiger partial charge in [-0.1, -0.05) is 66.7 Å². The molecule has 0 bridgehead atoms. The summed E-state index contributed by atoms with van der Waals surface area (Å²) in [6.45, 7) is 0.0490. The summed E-state index contributed by atoms with van der Waals surface area (Å²) in [5, 5.41) is 4.50. The molecule has 0 spiro atoms. The van der Waals surface area contributed by atoms with Crippen molar-refractivity contribution < 1.29 is 14.4 Å². The van der Waals surface area contributed by atoms with Crippen LogP contribution in [0.5, 0.6) is 0 Å². The third kappa shape index (κ3) is 4.22. The molecular weight excluding hydrogens is 384 g/mol. The molecule has 29 heavy (non-hydrogen) atoms. The maximum absolute atomic E-state index is 12.6. The molecule has 1 fully saturated rings. The fourth-order valence-electron chi connectivity index (χ4n) is 3.15. The number of thioether (sulfide) groups is 1. The number of imide groups is 1. The van der Waals surface area contributed by atoms with Gasteiger partial charge < -0.3 is 5.32 Å². The minimum Gasteiger partial charge on any atom is -0.325 e. The van der Waals surface area contributed by atoms with E-state index in [9.17, 15) is 14.4 Å². The number of benzene rings is 3. The van der Waals surface area contributed by atoms with Crippen LogP contribution >= 0.6 is 11.8 Å². The zero-order chi connectivity index (χ0) is 20.2. The van der Waals surface area contributed by atoms with E-state index in [-0.39, 0.29) is 30.0 Å². The third-order valence-electron chi connectivity index (χ3n) is 4.60. The van der Waals surface area contributed by atoms with Gasteiger partial charge in [-0.05, 0) is 34.9 Å². The van der Waals surface area contributed by atoms with Crippen LogP contribution in [0.1, 0.15) is 12.0 Å². The Balaban J connectivity index is 1.41. The first kappa shape index (κ1) is 19.0. The van der Waals surface area contributed by atoms with Gasteiger partial charge in [0, 0.05) is 24.0 Å². The highest BCUT2D eigenvalue weighted by Crippen LogP contribution is 2.32. The fourth-order valence-corrected chi connectivity index (χ4v) is 4.02. The van der Waals surface area contributed by atoms with Crippen LogP contribution in [0.25, 0.3) is 16.8 Å². The van der Waals surface area contributed by atoms with Crippen LogP contribution in [0.4, 0.5) is 10.5 Å². The molecule has 0 aliphatic carbocycles. The maximum atomic E-state index is 12.6. The summed E-state index contributed by atoms with van der Waals surface area (Å²) in [6, 6.07) is 22.8. The number of hydrogen-bond acceptors (Lipinski definition) is 4. The number of hydrogen-bond donors (Lipinski definition) is 1. The van der Waals surface area contributed by atoms with Crippen molar-refractivity contribution in [3.8, 4) is 0 Å². The molecule has 1 heterocycles. The first-order valence-corrected chi connectivity index (χ1v) is 10.0. The molecule has 1 saturated heterocycles. The molecule has 6 heteroatoms. The highest BCUT2D eigenvalue weighted by atomic mass is 32.2. The average molecular weight is 402 g/mol. The van der Waals surface area contributed by atoms with Crippen LogP contribution in [-0.4, -0.2) is 28.5 Å². The standard InChI is InChI=1S/C23H18N2O3S/c26-21(24-19-12-6-10-17-9-4-5-11-18(17)19)13-14-25-22(27)20(29-23(25)28)15-16-7-2-1-3-8-16/h1-12,15H,13-14H2,(H,24,26)/b20-15+. The number of anilines is 1. The van der Waals surface area contributed by atoms with Crippen molar-refractivity contribution in [1.29, 1.82) is 0 Å². The lowest BCUT2D eigenvalue weighted by Gasteiger charge is -2.13. The molecule has 1 N–H and O–H groups in total. The van der Waals surface area contributed by atoms with Crippen molar-refractivity contribution in [2.75, 3.05) is 11.9 Å². The van der Waals surface area contributed by atoms with E-state index >= 15 is 0 Å². The van der Waals surface area contributed by atoms with Crippen LogP contribution in [0.3, 0.4) is 0 Å². The van der Waals surface area contributed by atoms with Gasteiger partial charge in [-0.15, -0.1) is 0 Å². The zero-order valence-electron chi connectivity index (χ0n) is 15.5. The van der Waals surface area contributed by atoms with Crippen molar-refractivity contribution in [2.45, 2.75) is 6.42 Å². The number of rotatable bonds is 5. The van der Waals surface area contributed by atoms with Gasteiger partial charge in [-0.25, -0.2) is 0 Å². The van der Waals surface area contributed by atoms with E-state index in [1.165, 1.54) is 0 Å². The second-order valence-electron chi connectivity index (χ2n) is 6.57. The van der Waals surface area contributed by atoms with Gasteiger partial charge >= 0.3 is 0 Å². The lowest BCUT2D eigenvalue weighted by atomic mass is 10.1. The molecule has 1 aliphatic rings. The molecule has 0 saturated carbocycles. The maximum Gasteiger partial charge on any atom is 0.293 e. The van der Waals surface area contributed by atoms with E-state index in [0.717, 1.165) is 33.0 Å². The second kappa shape index (κ2) is 8.32. The number of amides is 3. The Kier molecular flexibility index (Phi) is 5.44.